The summed E-state index contributed by atoms with van der Waals surface area (Å²) in [5.74, 6) is 0.241. The summed E-state index contributed by atoms with van der Waals surface area (Å²) in [4.78, 5) is 0. The van der Waals surface area contributed by atoms with E-state index in [0.29, 0.717) is 0 Å². The van der Waals surface area contributed by atoms with Crippen molar-refractivity contribution in [3.8, 4) is 6.07 Å². The van der Waals surface area contributed by atoms with Crippen LogP contribution in [0.2, 0.25) is 0 Å². The van der Waals surface area contributed by atoms with Crippen LogP contribution in [0.25, 0.3) is 0 Å². The molecule has 0 rings (SSSR count). The first-order chi connectivity index (χ1) is 4.22. The molecular weight excluding hydrogens is 114 g/mol. The topological polar surface area (TPSA) is 44.0 Å². The molecule has 0 radical (unpaired) electrons. The highest BCUT2D eigenvalue weighted by atomic mass is 16.2. The molecule has 1 atom stereocenters. The molecule has 0 aliphatic rings. The van der Waals surface area contributed by atoms with Gasteiger partial charge in [-0.05, 0) is 20.3 Å². The summed E-state index contributed by atoms with van der Waals surface area (Å²) in [6, 6.07) is 2.11. The standard InChI is InChI=1S/C5H9N.C2H6O/c1-3-5(2)4-6;1-2-3/h5H,3H2,1-2H3;3H,2H2,1H3. The minimum atomic E-state index is 0.241. The van der Waals surface area contributed by atoms with Gasteiger partial charge in [0, 0.05) is 12.5 Å². The average Bonchev–Trinajstić information content (AvgIpc) is 1.88. The molecule has 1 unspecified atom stereocenters. The summed E-state index contributed by atoms with van der Waals surface area (Å²) in [7, 11) is 0. The lowest BCUT2D eigenvalue weighted by atomic mass is 10.2. The van der Waals surface area contributed by atoms with Crippen molar-refractivity contribution in [3.05, 3.63) is 0 Å². The molecule has 0 aliphatic heterocycles. The first kappa shape index (κ1) is 11.3. The molecule has 0 heterocycles. The average molecular weight is 129 g/mol. The van der Waals surface area contributed by atoms with Crippen molar-refractivity contribution < 1.29 is 5.11 Å². The number of rotatable bonds is 1. The Morgan fingerprint density at radius 3 is 1.89 bits per heavy atom. The zero-order chi connectivity index (χ0) is 7.70. The van der Waals surface area contributed by atoms with Crippen LogP contribution in [-0.4, -0.2) is 11.7 Å². The normalized spacial score (nSPS) is 10.6. The van der Waals surface area contributed by atoms with Gasteiger partial charge in [-0.3, -0.25) is 0 Å². The quantitative estimate of drug-likeness (QED) is 0.583. The fraction of sp³-hybridized carbons (Fsp3) is 0.857. The second-order valence-electron chi connectivity index (χ2n) is 1.75. The number of hydrogen-bond acceptors (Lipinski definition) is 2. The number of nitriles is 1. The van der Waals surface area contributed by atoms with Gasteiger partial charge in [-0.15, -0.1) is 0 Å². The fourth-order valence-electron chi connectivity index (χ4n) is 0.0913. The lowest BCUT2D eigenvalue weighted by Gasteiger charge is -1.87. The molecule has 0 aromatic carbocycles. The molecule has 0 saturated carbocycles. The first-order valence-electron chi connectivity index (χ1n) is 3.23. The molecule has 0 aliphatic carbocycles. The van der Waals surface area contributed by atoms with E-state index in [4.69, 9.17) is 10.4 Å². The van der Waals surface area contributed by atoms with E-state index in [-0.39, 0.29) is 12.5 Å². The predicted octanol–water partition coefficient (Wildman–Crippen LogP) is 1.55. The Labute approximate surface area is 57.1 Å². The summed E-state index contributed by atoms with van der Waals surface area (Å²) in [5, 5.41) is 15.7. The third-order valence-corrected chi connectivity index (χ3v) is 0.833. The maximum Gasteiger partial charge on any atom is 0.0652 e. The van der Waals surface area contributed by atoms with Gasteiger partial charge in [0.25, 0.3) is 0 Å². The Bertz CT molecular complexity index is 75.5. The lowest BCUT2D eigenvalue weighted by Crippen LogP contribution is -1.81. The van der Waals surface area contributed by atoms with Gasteiger partial charge in [0.1, 0.15) is 0 Å². The third kappa shape index (κ3) is 18.6. The van der Waals surface area contributed by atoms with Gasteiger partial charge in [0.05, 0.1) is 6.07 Å². The Morgan fingerprint density at radius 1 is 1.56 bits per heavy atom. The minimum Gasteiger partial charge on any atom is -0.397 e. The van der Waals surface area contributed by atoms with E-state index in [1.807, 2.05) is 13.8 Å². The van der Waals surface area contributed by atoms with Crippen molar-refractivity contribution in [1.82, 2.24) is 0 Å². The maximum atomic E-state index is 8.08. The highest BCUT2D eigenvalue weighted by molar-refractivity contribution is 4.76. The molecule has 0 spiro atoms. The van der Waals surface area contributed by atoms with E-state index >= 15 is 0 Å². The van der Waals surface area contributed by atoms with Gasteiger partial charge in [-0.25, -0.2) is 0 Å². The van der Waals surface area contributed by atoms with Crippen molar-refractivity contribution in [1.29, 1.82) is 5.26 Å². The van der Waals surface area contributed by atoms with E-state index in [0.717, 1.165) is 6.42 Å². The minimum absolute atomic E-state index is 0.241. The molecule has 1 N–H and O–H groups in total. The molecule has 0 bridgehead atoms. The summed E-state index contributed by atoms with van der Waals surface area (Å²) in [6.07, 6.45) is 0.969. The maximum absolute atomic E-state index is 8.08. The Balaban J connectivity index is 0. The van der Waals surface area contributed by atoms with E-state index in [2.05, 4.69) is 6.07 Å². The molecule has 0 saturated heterocycles. The van der Waals surface area contributed by atoms with Crippen molar-refractivity contribution in [2.75, 3.05) is 6.61 Å². The second-order valence-corrected chi connectivity index (χ2v) is 1.75. The number of hydrogen-bond donors (Lipinski definition) is 1. The van der Waals surface area contributed by atoms with Crippen molar-refractivity contribution in [3.63, 3.8) is 0 Å². The van der Waals surface area contributed by atoms with Crippen LogP contribution in [0.1, 0.15) is 27.2 Å². The highest BCUT2D eigenvalue weighted by Crippen LogP contribution is 1.94. The summed E-state index contributed by atoms with van der Waals surface area (Å²) in [6.45, 7) is 5.86. The summed E-state index contributed by atoms with van der Waals surface area (Å²) in [5.41, 5.74) is 0. The predicted molar refractivity (Wildman–Crippen MR) is 37.8 cm³/mol. The zero-order valence-corrected chi connectivity index (χ0v) is 6.39. The Morgan fingerprint density at radius 2 is 1.89 bits per heavy atom. The molecule has 2 nitrogen and oxygen atoms in total. The first-order valence-corrected chi connectivity index (χ1v) is 3.23. The van der Waals surface area contributed by atoms with Crippen LogP contribution in [-0.2, 0) is 0 Å². The molecule has 0 fully saturated rings. The number of nitrogens with zero attached hydrogens (tertiary/aromatic N) is 1. The number of aliphatic hydroxyl groups excluding tert-OH is 1. The van der Waals surface area contributed by atoms with E-state index in [9.17, 15) is 0 Å². The van der Waals surface area contributed by atoms with Crippen LogP contribution < -0.4 is 0 Å². The van der Waals surface area contributed by atoms with Gasteiger partial charge < -0.3 is 5.11 Å². The molecule has 9 heavy (non-hydrogen) atoms. The molecule has 54 valence electrons. The molecule has 0 aromatic heterocycles. The van der Waals surface area contributed by atoms with Gasteiger partial charge in [0.15, 0.2) is 0 Å². The molecule has 0 aromatic rings. The van der Waals surface area contributed by atoms with Crippen LogP contribution in [0.15, 0.2) is 0 Å². The molecule has 0 amide bonds. The van der Waals surface area contributed by atoms with Crippen molar-refractivity contribution >= 4 is 0 Å². The van der Waals surface area contributed by atoms with E-state index < -0.39 is 0 Å². The van der Waals surface area contributed by atoms with Crippen LogP contribution in [0, 0.1) is 17.2 Å². The fourth-order valence-corrected chi connectivity index (χ4v) is 0.0913. The second kappa shape index (κ2) is 10.4. The third-order valence-electron chi connectivity index (χ3n) is 0.833. The lowest BCUT2D eigenvalue weighted by molar-refractivity contribution is 0.318. The molecular formula is C7H15NO. The van der Waals surface area contributed by atoms with Gasteiger partial charge in [0.2, 0.25) is 0 Å². The van der Waals surface area contributed by atoms with Crippen LogP contribution in [0.5, 0.6) is 0 Å². The smallest absolute Gasteiger partial charge is 0.0652 e. The highest BCUT2D eigenvalue weighted by Gasteiger charge is 1.88. The summed E-state index contributed by atoms with van der Waals surface area (Å²) >= 11 is 0. The van der Waals surface area contributed by atoms with Crippen molar-refractivity contribution in [2.24, 2.45) is 5.92 Å². The van der Waals surface area contributed by atoms with Gasteiger partial charge in [-0.2, -0.15) is 5.26 Å². The summed E-state index contributed by atoms with van der Waals surface area (Å²) < 4.78 is 0. The van der Waals surface area contributed by atoms with E-state index in [1.165, 1.54) is 0 Å². The van der Waals surface area contributed by atoms with Crippen LogP contribution in [0.4, 0.5) is 0 Å². The van der Waals surface area contributed by atoms with Crippen molar-refractivity contribution in [2.45, 2.75) is 27.2 Å². The van der Waals surface area contributed by atoms with Gasteiger partial charge >= 0.3 is 0 Å². The van der Waals surface area contributed by atoms with Gasteiger partial charge in [-0.1, -0.05) is 6.92 Å². The zero-order valence-electron chi connectivity index (χ0n) is 6.39. The SMILES string of the molecule is CCC(C)C#N.CCO. The number of aliphatic hydroxyl groups is 1. The van der Waals surface area contributed by atoms with Crippen LogP contribution >= 0.6 is 0 Å². The largest absolute Gasteiger partial charge is 0.397 e. The Hall–Kier alpha value is -0.550. The van der Waals surface area contributed by atoms with Crippen LogP contribution in [0.3, 0.4) is 0 Å². The Kier molecular flexibility index (Phi) is 13.1. The van der Waals surface area contributed by atoms with E-state index in [1.54, 1.807) is 6.92 Å². The molecule has 2 heteroatoms. The monoisotopic (exact) mass is 129 g/mol.